The zero-order valence-corrected chi connectivity index (χ0v) is 11.3. The first-order valence-corrected chi connectivity index (χ1v) is 5.99. The van der Waals surface area contributed by atoms with Crippen LogP contribution in [0.2, 0.25) is 0 Å². The van der Waals surface area contributed by atoms with Crippen LogP contribution in [0.25, 0.3) is 0 Å². The highest BCUT2D eigenvalue weighted by atomic mass is 16.2. The van der Waals surface area contributed by atoms with Crippen molar-refractivity contribution < 1.29 is 4.79 Å². The van der Waals surface area contributed by atoms with Crippen molar-refractivity contribution >= 4 is 11.6 Å². The van der Waals surface area contributed by atoms with Gasteiger partial charge in [-0.2, -0.15) is 0 Å². The Morgan fingerprint density at radius 1 is 1.24 bits per heavy atom. The Labute approximate surface area is 104 Å². The molecule has 3 heteroatoms. The number of carbonyl (C=O) groups excluding carboxylic acids is 1. The summed E-state index contributed by atoms with van der Waals surface area (Å²) in [4.78, 5) is 13.3. The first-order valence-electron chi connectivity index (χ1n) is 5.99. The number of amides is 1. The summed E-state index contributed by atoms with van der Waals surface area (Å²) in [7, 11) is 3.54. The van der Waals surface area contributed by atoms with Crippen molar-refractivity contribution in [2.24, 2.45) is 0 Å². The van der Waals surface area contributed by atoms with E-state index < -0.39 is 0 Å². The molecule has 0 spiro atoms. The molecule has 1 aromatic carbocycles. The number of anilines is 1. The summed E-state index contributed by atoms with van der Waals surface area (Å²) < 4.78 is 0. The van der Waals surface area contributed by atoms with Crippen LogP contribution in [-0.2, 0) is 4.79 Å². The summed E-state index contributed by atoms with van der Waals surface area (Å²) in [5, 5.41) is 3.23. The van der Waals surface area contributed by atoms with E-state index in [2.05, 4.69) is 31.3 Å². The van der Waals surface area contributed by atoms with E-state index in [1.807, 2.05) is 19.1 Å². The number of likely N-dealkylation sites (N-methyl/N-ethyl adjacent to an activating group) is 1. The maximum Gasteiger partial charge on any atom is 0.244 e. The zero-order chi connectivity index (χ0) is 13.0. The number of carbonyl (C=O) groups is 1. The molecule has 1 unspecified atom stereocenters. The molecular formula is C14H22N2O. The van der Waals surface area contributed by atoms with Crippen molar-refractivity contribution in [3.63, 3.8) is 0 Å². The summed E-state index contributed by atoms with van der Waals surface area (Å²) in [6.45, 7) is 6.20. The molecule has 17 heavy (non-hydrogen) atoms. The number of hydrogen-bond donors (Lipinski definition) is 1. The second-order valence-corrected chi connectivity index (χ2v) is 4.88. The van der Waals surface area contributed by atoms with Crippen molar-refractivity contribution in [1.82, 2.24) is 4.90 Å². The summed E-state index contributed by atoms with van der Waals surface area (Å²) in [5.74, 6) is 0.580. The van der Waals surface area contributed by atoms with Crippen LogP contribution < -0.4 is 5.32 Å². The lowest BCUT2D eigenvalue weighted by Gasteiger charge is -2.19. The first kappa shape index (κ1) is 13.6. The largest absolute Gasteiger partial charge is 0.374 e. The van der Waals surface area contributed by atoms with Crippen molar-refractivity contribution in [2.75, 3.05) is 19.4 Å². The van der Waals surface area contributed by atoms with Gasteiger partial charge in [-0.05, 0) is 30.5 Å². The molecule has 0 aliphatic rings. The third kappa shape index (κ3) is 3.77. The minimum absolute atomic E-state index is 0.0833. The highest BCUT2D eigenvalue weighted by Crippen LogP contribution is 2.19. The fourth-order valence-corrected chi connectivity index (χ4v) is 1.69. The molecule has 1 aromatic rings. The highest BCUT2D eigenvalue weighted by molar-refractivity contribution is 5.83. The number of nitrogens with one attached hydrogen (secondary N) is 1. The molecule has 0 aliphatic carbocycles. The van der Waals surface area contributed by atoms with Crippen LogP contribution in [-0.4, -0.2) is 30.9 Å². The lowest BCUT2D eigenvalue weighted by molar-refractivity contribution is -0.129. The minimum atomic E-state index is -0.201. The third-order valence-electron chi connectivity index (χ3n) is 2.75. The molecule has 0 fully saturated rings. The lowest BCUT2D eigenvalue weighted by Crippen LogP contribution is -2.36. The summed E-state index contributed by atoms with van der Waals surface area (Å²) >= 11 is 0. The van der Waals surface area contributed by atoms with E-state index in [1.165, 1.54) is 5.56 Å². The van der Waals surface area contributed by atoms with Gasteiger partial charge in [0.2, 0.25) is 5.91 Å². The predicted molar refractivity (Wildman–Crippen MR) is 72.3 cm³/mol. The van der Waals surface area contributed by atoms with Gasteiger partial charge in [0, 0.05) is 19.8 Å². The predicted octanol–water partition coefficient (Wildman–Crippen LogP) is 2.70. The van der Waals surface area contributed by atoms with E-state index >= 15 is 0 Å². The van der Waals surface area contributed by atoms with Gasteiger partial charge in [-0.1, -0.05) is 26.0 Å². The average Bonchev–Trinajstić information content (AvgIpc) is 2.28. The van der Waals surface area contributed by atoms with Gasteiger partial charge in [0.05, 0.1) is 0 Å². The number of hydrogen-bond acceptors (Lipinski definition) is 2. The van der Waals surface area contributed by atoms with Gasteiger partial charge < -0.3 is 10.2 Å². The topological polar surface area (TPSA) is 32.3 Å². The zero-order valence-electron chi connectivity index (χ0n) is 11.3. The molecule has 3 nitrogen and oxygen atoms in total. The van der Waals surface area contributed by atoms with Crippen molar-refractivity contribution in [1.29, 1.82) is 0 Å². The Morgan fingerprint density at radius 3 is 2.41 bits per heavy atom. The fraction of sp³-hybridized carbons (Fsp3) is 0.500. The van der Waals surface area contributed by atoms with Crippen LogP contribution in [0.1, 0.15) is 32.3 Å². The Balaban J connectivity index is 2.75. The molecule has 1 amide bonds. The van der Waals surface area contributed by atoms with Gasteiger partial charge in [0.15, 0.2) is 0 Å². The van der Waals surface area contributed by atoms with Gasteiger partial charge in [-0.3, -0.25) is 4.79 Å². The molecule has 0 radical (unpaired) electrons. The number of benzene rings is 1. The molecule has 94 valence electrons. The van der Waals surface area contributed by atoms with Crippen LogP contribution in [0.15, 0.2) is 24.3 Å². The Bertz CT molecular complexity index is 386. The maximum absolute atomic E-state index is 11.7. The van der Waals surface area contributed by atoms with E-state index in [0.717, 1.165) is 5.69 Å². The van der Waals surface area contributed by atoms with E-state index in [-0.39, 0.29) is 11.9 Å². The summed E-state index contributed by atoms with van der Waals surface area (Å²) in [6.07, 6.45) is 0. The lowest BCUT2D eigenvalue weighted by atomic mass is 10.0. The minimum Gasteiger partial charge on any atom is -0.374 e. The summed E-state index contributed by atoms with van der Waals surface area (Å²) in [5.41, 5.74) is 2.28. The molecule has 0 saturated heterocycles. The molecule has 0 aliphatic heterocycles. The highest BCUT2D eigenvalue weighted by Gasteiger charge is 2.14. The second-order valence-electron chi connectivity index (χ2n) is 4.88. The third-order valence-corrected chi connectivity index (χ3v) is 2.75. The van der Waals surface area contributed by atoms with Crippen LogP contribution >= 0.6 is 0 Å². The Morgan fingerprint density at radius 2 is 1.88 bits per heavy atom. The average molecular weight is 234 g/mol. The fourth-order valence-electron chi connectivity index (χ4n) is 1.69. The van der Waals surface area contributed by atoms with Crippen molar-refractivity contribution in [3.05, 3.63) is 29.8 Å². The van der Waals surface area contributed by atoms with E-state index in [0.29, 0.717) is 5.92 Å². The normalized spacial score (nSPS) is 12.4. The van der Waals surface area contributed by atoms with E-state index in [9.17, 15) is 4.79 Å². The monoisotopic (exact) mass is 234 g/mol. The maximum atomic E-state index is 11.7. The standard InChI is InChI=1S/C14H22N2O/c1-10(2)12-7-6-8-13(9-12)15-11(3)14(17)16(4)5/h6-11,15H,1-5H3. The van der Waals surface area contributed by atoms with Gasteiger partial charge in [0.1, 0.15) is 6.04 Å². The van der Waals surface area contributed by atoms with Crippen molar-refractivity contribution in [2.45, 2.75) is 32.7 Å². The molecule has 0 aromatic heterocycles. The van der Waals surface area contributed by atoms with E-state index in [4.69, 9.17) is 0 Å². The molecule has 0 saturated carbocycles. The first-order chi connectivity index (χ1) is 7.91. The second kappa shape index (κ2) is 5.71. The quantitative estimate of drug-likeness (QED) is 0.868. The van der Waals surface area contributed by atoms with Crippen LogP contribution in [0.5, 0.6) is 0 Å². The van der Waals surface area contributed by atoms with Crippen LogP contribution in [0, 0.1) is 0 Å². The van der Waals surface area contributed by atoms with Gasteiger partial charge >= 0.3 is 0 Å². The van der Waals surface area contributed by atoms with Gasteiger partial charge in [-0.25, -0.2) is 0 Å². The smallest absolute Gasteiger partial charge is 0.244 e. The van der Waals surface area contributed by atoms with Gasteiger partial charge in [0.25, 0.3) is 0 Å². The van der Waals surface area contributed by atoms with Crippen molar-refractivity contribution in [3.8, 4) is 0 Å². The molecule has 0 heterocycles. The van der Waals surface area contributed by atoms with E-state index in [1.54, 1.807) is 19.0 Å². The number of rotatable bonds is 4. The number of nitrogens with zero attached hydrogens (tertiary/aromatic N) is 1. The molecule has 1 N–H and O–H groups in total. The Hall–Kier alpha value is -1.51. The SMILES string of the molecule is CC(Nc1cccc(C(C)C)c1)C(=O)N(C)C. The summed E-state index contributed by atoms with van der Waals surface area (Å²) in [6, 6.07) is 8.02. The van der Waals surface area contributed by atoms with Gasteiger partial charge in [-0.15, -0.1) is 0 Å². The molecule has 1 rings (SSSR count). The van der Waals surface area contributed by atoms with Crippen LogP contribution in [0.4, 0.5) is 5.69 Å². The molecule has 1 atom stereocenters. The molecular weight excluding hydrogens is 212 g/mol. The Kier molecular flexibility index (Phi) is 4.55. The molecule has 0 bridgehead atoms. The van der Waals surface area contributed by atoms with Crippen LogP contribution in [0.3, 0.4) is 0 Å².